The number of aliphatic hydroxyl groups excluding tert-OH is 1. The summed E-state index contributed by atoms with van der Waals surface area (Å²) < 4.78 is 25.3. The van der Waals surface area contributed by atoms with Crippen LogP contribution in [-0.2, 0) is 10.0 Å². The molecule has 0 heterocycles. The number of nitrogen functional groups attached to an aromatic ring is 1. The first kappa shape index (κ1) is 16.3. The molecule has 5 nitrogen and oxygen atoms in total. The fourth-order valence-electron chi connectivity index (χ4n) is 1.45. The van der Waals surface area contributed by atoms with Crippen LogP contribution in [0.25, 0.3) is 0 Å². The van der Waals surface area contributed by atoms with E-state index in [2.05, 4.69) is 0 Å². The summed E-state index contributed by atoms with van der Waals surface area (Å²) in [5, 5.41) is 9.06. The van der Waals surface area contributed by atoms with Crippen LogP contribution in [0.5, 0.6) is 0 Å². The van der Waals surface area contributed by atoms with Crippen molar-refractivity contribution in [2.24, 2.45) is 0 Å². The maximum absolute atomic E-state index is 12.0. The van der Waals surface area contributed by atoms with Crippen molar-refractivity contribution in [1.29, 1.82) is 0 Å². The molecular formula is C12H20N2O3S2. The highest BCUT2D eigenvalue weighted by Gasteiger charge is 2.19. The molecule has 1 atom stereocenters. The summed E-state index contributed by atoms with van der Waals surface area (Å²) in [5.41, 5.74) is 6.41. The second-order valence-corrected chi connectivity index (χ2v) is 8.06. The number of anilines is 1. The Labute approximate surface area is 118 Å². The lowest BCUT2D eigenvalue weighted by molar-refractivity contribution is 0.289. The minimum absolute atomic E-state index is 0.101. The van der Waals surface area contributed by atoms with E-state index in [4.69, 9.17) is 10.8 Å². The summed E-state index contributed by atoms with van der Waals surface area (Å²) in [6, 6.07) is 4.69. The highest BCUT2D eigenvalue weighted by atomic mass is 32.2. The highest BCUT2D eigenvalue weighted by Crippen LogP contribution is 2.32. The number of nitrogens with zero attached hydrogens (tertiary/aromatic N) is 1. The van der Waals surface area contributed by atoms with Crippen LogP contribution in [0.1, 0.15) is 13.3 Å². The zero-order chi connectivity index (χ0) is 14.6. The molecule has 0 amide bonds. The number of nitrogens with two attached hydrogens (primary N) is 1. The standard InChI is InChI=1S/C12H20N2O3S2/c1-9(6-7-15)18-12-8-10(4-5-11(12)13)19(16,17)14(2)3/h4-5,8-9,15H,6-7,13H2,1-3H3. The first-order valence-corrected chi connectivity index (χ1v) is 8.20. The Morgan fingerprint density at radius 1 is 1.42 bits per heavy atom. The molecular weight excluding hydrogens is 284 g/mol. The van der Waals surface area contributed by atoms with Gasteiger partial charge in [-0.3, -0.25) is 0 Å². The predicted molar refractivity (Wildman–Crippen MR) is 78.7 cm³/mol. The van der Waals surface area contributed by atoms with Gasteiger partial charge in [0.2, 0.25) is 10.0 Å². The molecule has 0 spiro atoms. The Morgan fingerprint density at radius 3 is 2.58 bits per heavy atom. The fourth-order valence-corrected chi connectivity index (χ4v) is 3.50. The molecule has 0 bridgehead atoms. The minimum Gasteiger partial charge on any atom is -0.398 e. The van der Waals surface area contributed by atoms with Crippen molar-refractivity contribution in [3.8, 4) is 0 Å². The van der Waals surface area contributed by atoms with Crippen LogP contribution in [-0.4, -0.2) is 43.8 Å². The predicted octanol–water partition coefficient (Wildman–Crippen LogP) is 1.38. The summed E-state index contributed by atoms with van der Waals surface area (Å²) in [6.45, 7) is 2.07. The van der Waals surface area contributed by atoms with Gasteiger partial charge in [-0.25, -0.2) is 12.7 Å². The average Bonchev–Trinajstić information content (AvgIpc) is 2.31. The second kappa shape index (κ2) is 6.60. The van der Waals surface area contributed by atoms with Gasteiger partial charge in [-0.2, -0.15) is 0 Å². The van der Waals surface area contributed by atoms with Gasteiger partial charge in [0.25, 0.3) is 0 Å². The number of benzene rings is 1. The van der Waals surface area contributed by atoms with E-state index >= 15 is 0 Å². The Hall–Kier alpha value is -0.760. The summed E-state index contributed by atoms with van der Waals surface area (Å²) in [5.74, 6) is 0. The number of thioether (sulfide) groups is 1. The average molecular weight is 304 g/mol. The van der Waals surface area contributed by atoms with Gasteiger partial charge in [-0.15, -0.1) is 11.8 Å². The number of aliphatic hydroxyl groups is 1. The summed E-state index contributed by atoms with van der Waals surface area (Å²) in [7, 11) is -0.463. The summed E-state index contributed by atoms with van der Waals surface area (Å²) in [6.07, 6.45) is 0.634. The van der Waals surface area contributed by atoms with Crippen molar-refractivity contribution >= 4 is 27.5 Å². The van der Waals surface area contributed by atoms with Gasteiger partial charge < -0.3 is 10.8 Å². The van der Waals surface area contributed by atoms with E-state index in [1.54, 1.807) is 12.1 Å². The van der Waals surface area contributed by atoms with Crippen LogP contribution in [0.2, 0.25) is 0 Å². The first-order chi connectivity index (χ1) is 8.78. The molecule has 0 aromatic heterocycles. The van der Waals surface area contributed by atoms with Crippen molar-refractivity contribution in [2.75, 3.05) is 26.4 Å². The minimum atomic E-state index is -3.45. The van der Waals surface area contributed by atoms with Gasteiger partial charge in [0.15, 0.2) is 0 Å². The first-order valence-electron chi connectivity index (χ1n) is 5.88. The molecule has 0 aliphatic carbocycles. The molecule has 0 saturated heterocycles. The van der Waals surface area contributed by atoms with Gasteiger partial charge in [0.1, 0.15) is 0 Å². The number of hydrogen-bond donors (Lipinski definition) is 2. The molecule has 1 unspecified atom stereocenters. The van der Waals surface area contributed by atoms with Gasteiger partial charge in [0, 0.05) is 36.5 Å². The van der Waals surface area contributed by atoms with E-state index in [1.807, 2.05) is 6.92 Å². The monoisotopic (exact) mass is 304 g/mol. The van der Waals surface area contributed by atoms with E-state index < -0.39 is 10.0 Å². The van der Waals surface area contributed by atoms with Gasteiger partial charge in [-0.1, -0.05) is 6.92 Å². The smallest absolute Gasteiger partial charge is 0.242 e. The molecule has 108 valence electrons. The molecule has 0 fully saturated rings. The van der Waals surface area contributed by atoms with Crippen molar-refractivity contribution in [3.05, 3.63) is 18.2 Å². The van der Waals surface area contributed by atoms with Gasteiger partial charge in [-0.05, 0) is 24.6 Å². The molecule has 0 saturated carbocycles. The second-order valence-electron chi connectivity index (χ2n) is 4.43. The van der Waals surface area contributed by atoms with Crippen molar-refractivity contribution in [3.63, 3.8) is 0 Å². The quantitative estimate of drug-likeness (QED) is 0.613. The zero-order valence-corrected chi connectivity index (χ0v) is 13.0. The van der Waals surface area contributed by atoms with Crippen molar-refractivity contribution in [1.82, 2.24) is 4.31 Å². The van der Waals surface area contributed by atoms with E-state index in [0.717, 1.165) is 4.90 Å². The van der Waals surface area contributed by atoms with Crippen molar-refractivity contribution < 1.29 is 13.5 Å². The lowest BCUT2D eigenvalue weighted by Gasteiger charge is -2.15. The summed E-state index contributed by atoms with van der Waals surface area (Å²) in [4.78, 5) is 0.953. The van der Waals surface area contributed by atoms with Crippen LogP contribution in [0.3, 0.4) is 0 Å². The molecule has 1 aromatic rings. The number of rotatable bonds is 6. The van der Waals surface area contributed by atoms with Crippen LogP contribution in [0, 0.1) is 0 Å². The SMILES string of the molecule is CC(CCO)Sc1cc(S(=O)(=O)N(C)C)ccc1N. The number of hydrogen-bond acceptors (Lipinski definition) is 5. The van der Waals surface area contributed by atoms with Crippen LogP contribution < -0.4 is 5.73 Å². The number of sulfonamides is 1. The largest absolute Gasteiger partial charge is 0.398 e. The molecule has 7 heteroatoms. The normalized spacial score (nSPS) is 13.7. The highest BCUT2D eigenvalue weighted by molar-refractivity contribution is 8.00. The third-order valence-corrected chi connectivity index (χ3v) is 5.68. The Bertz CT molecular complexity index is 530. The lowest BCUT2D eigenvalue weighted by atomic mass is 10.3. The Morgan fingerprint density at radius 2 is 2.05 bits per heavy atom. The van der Waals surface area contributed by atoms with E-state index in [0.29, 0.717) is 12.1 Å². The third-order valence-electron chi connectivity index (χ3n) is 2.63. The van der Waals surface area contributed by atoms with Crippen LogP contribution >= 0.6 is 11.8 Å². The van der Waals surface area contributed by atoms with Crippen molar-refractivity contribution in [2.45, 2.75) is 28.4 Å². The molecule has 0 radical (unpaired) electrons. The Balaban J connectivity index is 3.08. The zero-order valence-electron chi connectivity index (χ0n) is 11.3. The summed E-state index contributed by atoms with van der Waals surface area (Å²) >= 11 is 1.47. The van der Waals surface area contributed by atoms with Gasteiger partial charge >= 0.3 is 0 Å². The van der Waals surface area contributed by atoms with E-state index in [9.17, 15) is 8.42 Å². The van der Waals surface area contributed by atoms with Gasteiger partial charge in [0.05, 0.1) is 4.90 Å². The molecule has 19 heavy (non-hydrogen) atoms. The van der Waals surface area contributed by atoms with E-state index in [1.165, 1.54) is 36.2 Å². The topological polar surface area (TPSA) is 83.6 Å². The lowest BCUT2D eigenvalue weighted by Crippen LogP contribution is -2.22. The molecule has 1 rings (SSSR count). The van der Waals surface area contributed by atoms with Crippen LogP contribution in [0.15, 0.2) is 28.0 Å². The molecule has 3 N–H and O–H groups in total. The third kappa shape index (κ3) is 4.10. The fraction of sp³-hybridized carbons (Fsp3) is 0.500. The van der Waals surface area contributed by atoms with E-state index in [-0.39, 0.29) is 16.8 Å². The molecule has 1 aromatic carbocycles. The molecule has 0 aliphatic heterocycles. The van der Waals surface area contributed by atoms with Crippen LogP contribution in [0.4, 0.5) is 5.69 Å². The maximum Gasteiger partial charge on any atom is 0.242 e. The maximum atomic E-state index is 12.0. The molecule has 0 aliphatic rings. The Kier molecular flexibility index (Phi) is 5.66.